The second kappa shape index (κ2) is 7.61. The second-order valence-electron chi connectivity index (χ2n) is 5.98. The quantitative estimate of drug-likeness (QED) is 0.595. The van der Waals surface area contributed by atoms with E-state index >= 15 is 0 Å². The summed E-state index contributed by atoms with van der Waals surface area (Å²) in [6.45, 7) is 0. The van der Waals surface area contributed by atoms with Gasteiger partial charge >= 0.3 is 0 Å². The maximum absolute atomic E-state index is 13.1. The zero-order valence-electron chi connectivity index (χ0n) is 14.4. The first-order chi connectivity index (χ1) is 13.3. The predicted molar refractivity (Wildman–Crippen MR) is 103 cm³/mol. The SMILES string of the molecule is O=C(Nc1cc(-n2ccnc2)ncn1)C(c1ccccc1)c1ccccc1. The third kappa shape index (κ3) is 3.74. The molecule has 0 aliphatic heterocycles. The molecule has 0 bridgehead atoms. The Kier molecular flexibility index (Phi) is 4.70. The molecule has 0 radical (unpaired) electrons. The standard InChI is InChI=1S/C21H17N5O/c27-21(25-18-13-19(24-14-23-18)26-12-11-22-15-26)20(16-7-3-1-4-8-16)17-9-5-2-6-10-17/h1-15,20H,(H,23,24,25,27). The van der Waals surface area contributed by atoms with Crippen LogP contribution in [0.15, 0.2) is 91.8 Å². The lowest BCUT2D eigenvalue weighted by molar-refractivity contribution is -0.116. The van der Waals surface area contributed by atoms with Gasteiger partial charge in [0.2, 0.25) is 5.91 Å². The topological polar surface area (TPSA) is 72.7 Å². The number of hydrogen-bond acceptors (Lipinski definition) is 4. The average Bonchev–Trinajstić information content (AvgIpc) is 3.25. The average molecular weight is 355 g/mol. The minimum absolute atomic E-state index is 0.150. The molecule has 0 aliphatic carbocycles. The molecule has 0 aliphatic rings. The molecule has 6 nitrogen and oxygen atoms in total. The molecule has 1 amide bonds. The first kappa shape index (κ1) is 16.7. The Labute approximate surface area is 156 Å². The Balaban J connectivity index is 1.64. The van der Waals surface area contributed by atoms with Crippen molar-refractivity contribution in [3.05, 3.63) is 103 Å². The van der Waals surface area contributed by atoms with Crippen LogP contribution >= 0.6 is 0 Å². The number of imidazole rings is 1. The summed E-state index contributed by atoms with van der Waals surface area (Å²) in [7, 11) is 0. The molecule has 0 unspecified atom stereocenters. The van der Waals surface area contributed by atoms with Crippen molar-refractivity contribution in [3.8, 4) is 5.82 Å². The Hall–Kier alpha value is -3.80. The van der Waals surface area contributed by atoms with Crippen molar-refractivity contribution in [1.29, 1.82) is 0 Å². The minimum atomic E-state index is -0.431. The van der Waals surface area contributed by atoms with Gasteiger partial charge in [-0.1, -0.05) is 60.7 Å². The van der Waals surface area contributed by atoms with Gasteiger partial charge < -0.3 is 5.32 Å². The van der Waals surface area contributed by atoms with E-state index in [-0.39, 0.29) is 5.91 Å². The molecule has 2 aromatic carbocycles. The minimum Gasteiger partial charge on any atom is -0.310 e. The van der Waals surface area contributed by atoms with Gasteiger partial charge in [-0.2, -0.15) is 0 Å². The normalized spacial score (nSPS) is 10.7. The highest BCUT2D eigenvalue weighted by molar-refractivity contribution is 5.97. The molecule has 27 heavy (non-hydrogen) atoms. The Bertz CT molecular complexity index is 977. The largest absolute Gasteiger partial charge is 0.310 e. The molecule has 0 spiro atoms. The molecule has 0 fully saturated rings. The smallest absolute Gasteiger partial charge is 0.237 e. The lowest BCUT2D eigenvalue weighted by Gasteiger charge is -2.17. The Morgan fingerprint density at radius 3 is 2.19 bits per heavy atom. The van der Waals surface area contributed by atoms with Crippen LogP contribution in [0.25, 0.3) is 5.82 Å². The van der Waals surface area contributed by atoms with Gasteiger partial charge in [-0.3, -0.25) is 9.36 Å². The van der Waals surface area contributed by atoms with Crippen molar-refractivity contribution in [2.24, 2.45) is 0 Å². The van der Waals surface area contributed by atoms with Crippen LogP contribution in [-0.2, 0) is 4.79 Å². The lowest BCUT2D eigenvalue weighted by Crippen LogP contribution is -2.23. The van der Waals surface area contributed by atoms with E-state index in [0.717, 1.165) is 11.1 Å². The van der Waals surface area contributed by atoms with Gasteiger partial charge in [-0.25, -0.2) is 15.0 Å². The number of aromatic nitrogens is 4. The maximum atomic E-state index is 13.1. The summed E-state index contributed by atoms with van der Waals surface area (Å²) in [6.07, 6.45) is 6.52. The highest BCUT2D eigenvalue weighted by Gasteiger charge is 2.23. The van der Waals surface area contributed by atoms with Gasteiger partial charge in [0.05, 0.1) is 5.92 Å². The summed E-state index contributed by atoms with van der Waals surface area (Å²) in [4.78, 5) is 25.5. The van der Waals surface area contributed by atoms with Crippen LogP contribution in [0.4, 0.5) is 5.82 Å². The van der Waals surface area contributed by atoms with Crippen LogP contribution in [-0.4, -0.2) is 25.4 Å². The number of benzene rings is 2. The summed E-state index contributed by atoms with van der Waals surface area (Å²) < 4.78 is 1.75. The Morgan fingerprint density at radius 2 is 1.59 bits per heavy atom. The highest BCUT2D eigenvalue weighted by Crippen LogP contribution is 2.26. The number of carbonyl (C=O) groups excluding carboxylic acids is 1. The van der Waals surface area contributed by atoms with E-state index in [9.17, 15) is 4.79 Å². The van der Waals surface area contributed by atoms with Gasteiger partial charge in [0.15, 0.2) is 0 Å². The second-order valence-corrected chi connectivity index (χ2v) is 5.98. The number of anilines is 1. The van der Waals surface area contributed by atoms with Crippen molar-refractivity contribution in [2.75, 3.05) is 5.32 Å². The van der Waals surface area contributed by atoms with Crippen molar-refractivity contribution in [2.45, 2.75) is 5.92 Å². The molecule has 0 saturated carbocycles. The van der Waals surface area contributed by atoms with Gasteiger partial charge in [0.25, 0.3) is 0 Å². The van der Waals surface area contributed by atoms with E-state index in [1.165, 1.54) is 6.33 Å². The van der Waals surface area contributed by atoms with Crippen LogP contribution in [0.2, 0.25) is 0 Å². The van der Waals surface area contributed by atoms with Gasteiger partial charge in [-0.05, 0) is 11.1 Å². The van der Waals surface area contributed by atoms with E-state index in [1.54, 1.807) is 29.4 Å². The first-order valence-corrected chi connectivity index (χ1v) is 8.52. The molecular formula is C21H17N5O. The summed E-state index contributed by atoms with van der Waals surface area (Å²) in [6, 6.07) is 21.1. The van der Waals surface area contributed by atoms with Crippen molar-refractivity contribution >= 4 is 11.7 Å². The van der Waals surface area contributed by atoms with Crippen molar-refractivity contribution in [3.63, 3.8) is 0 Å². The van der Waals surface area contributed by atoms with Gasteiger partial charge in [0.1, 0.15) is 24.3 Å². The van der Waals surface area contributed by atoms with Crippen LogP contribution in [0.5, 0.6) is 0 Å². The Morgan fingerprint density at radius 1 is 0.926 bits per heavy atom. The van der Waals surface area contributed by atoms with Crippen LogP contribution in [0.1, 0.15) is 17.0 Å². The maximum Gasteiger partial charge on any atom is 0.237 e. The molecule has 132 valence electrons. The number of nitrogens with zero attached hydrogens (tertiary/aromatic N) is 4. The fourth-order valence-electron chi connectivity index (χ4n) is 2.94. The number of hydrogen-bond donors (Lipinski definition) is 1. The molecule has 0 saturated heterocycles. The zero-order valence-corrected chi connectivity index (χ0v) is 14.4. The number of carbonyl (C=O) groups is 1. The zero-order chi connectivity index (χ0) is 18.5. The molecule has 2 heterocycles. The van der Waals surface area contributed by atoms with Crippen LogP contribution in [0, 0.1) is 0 Å². The monoisotopic (exact) mass is 355 g/mol. The number of nitrogens with one attached hydrogen (secondary N) is 1. The molecule has 1 N–H and O–H groups in total. The summed E-state index contributed by atoms with van der Waals surface area (Å²) >= 11 is 0. The molecule has 6 heteroatoms. The van der Waals surface area contributed by atoms with Gasteiger partial charge in [-0.15, -0.1) is 0 Å². The molecular weight excluding hydrogens is 338 g/mol. The lowest BCUT2D eigenvalue weighted by atomic mass is 9.90. The van der Waals surface area contributed by atoms with E-state index in [2.05, 4.69) is 20.3 Å². The number of amides is 1. The highest BCUT2D eigenvalue weighted by atomic mass is 16.1. The van der Waals surface area contributed by atoms with E-state index in [1.807, 2.05) is 60.7 Å². The fraction of sp³-hybridized carbons (Fsp3) is 0.0476. The molecule has 4 rings (SSSR count). The fourth-order valence-corrected chi connectivity index (χ4v) is 2.94. The first-order valence-electron chi connectivity index (χ1n) is 8.52. The summed E-state index contributed by atoms with van der Waals surface area (Å²) in [5.41, 5.74) is 1.84. The van der Waals surface area contributed by atoms with Crippen molar-refractivity contribution < 1.29 is 4.79 Å². The van der Waals surface area contributed by atoms with Crippen LogP contribution < -0.4 is 5.32 Å². The number of rotatable bonds is 5. The third-order valence-corrected chi connectivity index (χ3v) is 4.20. The summed E-state index contributed by atoms with van der Waals surface area (Å²) in [5.74, 6) is 0.492. The van der Waals surface area contributed by atoms with Crippen molar-refractivity contribution in [1.82, 2.24) is 19.5 Å². The molecule has 2 aromatic heterocycles. The van der Waals surface area contributed by atoms with E-state index in [0.29, 0.717) is 11.6 Å². The van der Waals surface area contributed by atoms with Crippen LogP contribution in [0.3, 0.4) is 0 Å². The molecule has 0 atom stereocenters. The summed E-state index contributed by atoms with van der Waals surface area (Å²) in [5, 5.41) is 2.92. The van der Waals surface area contributed by atoms with E-state index < -0.39 is 5.92 Å². The third-order valence-electron chi connectivity index (χ3n) is 4.20. The van der Waals surface area contributed by atoms with Gasteiger partial charge in [0, 0.05) is 18.5 Å². The van der Waals surface area contributed by atoms with E-state index in [4.69, 9.17) is 0 Å². The predicted octanol–water partition coefficient (Wildman–Crippen LogP) is 3.43. The molecule has 4 aromatic rings.